The molecule has 6 heteroatoms. The van der Waals surface area contributed by atoms with Crippen LogP contribution in [0.5, 0.6) is 0 Å². The lowest BCUT2D eigenvalue weighted by atomic mass is 10.1. The van der Waals surface area contributed by atoms with Crippen LogP contribution >= 0.6 is 0 Å². The second-order valence-electron chi connectivity index (χ2n) is 5.66. The molecule has 110 valence electrons. The molecule has 2 heterocycles. The van der Waals surface area contributed by atoms with Crippen LogP contribution in [0.2, 0.25) is 0 Å². The van der Waals surface area contributed by atoms with Crippen molar-refractivity contribution in [3.63, 3.8) is 0 Å². The molecule has 3 rings (SSSR count). The summed E-state index contributed by atoms with van der Waals surface area (Å²) in [5.74, 6) is 0. The topological polar surface area (TPSA) is 61.4 Å². The van der Waals surface area contributed by atoms with E-state index in [1.54, 1.807) is 12.1 Å². The van der Waals surface area contributed by atoms with Crippen LogP contribution in [0.1, 0.15) is 24.0 Å². The summed E-state index contributed by atoms with van der Waals surface area (Å²) < 4.78 is 27.4. The van der Waals surface area contributed by atoms with Gasteiger partial charge in [-0.05, 0) is 49.7 Å². The van der Waals surface area contributed by atoms with Gasteiger partial charge in [-0.15, -0.1) is 0 Å². The average Bonchev–Trinajstić information content (AvgIpc) is 3.04. The minimum Gasteiger partial charge on any atom is -0.309 e. The molecule has 5 nitrogen and oxygen atoms in total. The SMILES string of the molecule is CN1CCCC1CNS(=O)(=O)c1ccc2c(c1)CNC2. The van der Waals surface area contributed by atoms with E-state index in [2.05, 4.69) is 14.9 Å². The maximum atomic E-state index is 12.3. The maximum absolute atomic E-state index is 12.3. The molecular formula is C14H21N3O2S. The van der Waals surface area contributed by atoms with Crippen LogP contribution in [0.4, 0.5) is 0 Å². The highest BCUT2D eigenvalue weighted by atomic mass is 32.2. The first-order chi connectivity index (χ1) is 9.56. The number of hydrogen-bond acceptors (Lipinski definition) is 4. The largest absolute Gasteiger partial charge is 0.309 e. The van der Waals surface area contributed by atoms with E-state index in [4.69, 9.17) is 0 Å². The molecule has 0 saturated carbocycles. The fraction of sp³-hybridized carbons (Fsp3) is 0.571. The van der Waals surface area contributed by atoms with E-state index in [1.807, 2.05) is 13.1 Å². The number of nitrogens with one attached hydrogen (secondary N) is 2. The number of likely N-dealkylation sites (N-methyl/N-ethyl adjacent to an activating group) is 1. The minimum absolute atomic E-state index is 0.320. The van der Waals surface area contributed by atoms with E-state index >= 15 is 0 Å². The Morgan fingerprint density at radius 1 is 1.35 bits per heavy atom. The van der Waals surface area contributed by atoms with Gasteiger partial charge in [0, 0.05) is 25.7 Å². The van der Waals surface area contributed by atoms with Gasteiger partial charge >= 0.3 is 0 Å². The first-order valence-electron chi connectivity index (χ1n) is 7.09. The van der Waals surface area contributed by atoms with E-state index in [1.165, 1.54) is 5.56 Å². The number of benzene rings is 1. The molecule has 0 radical (unpaired) electrons. The Morgan fingerprint density at radius 2 is 2.15 bits per heavy atom. The second kappa shape index (κ2) is 5.44. The average molecular weight is 295 g/mol. The normalized spacial score (nSPS) is 23.1. The summed E-state index contributed by atoms with van der Waals surface area (Å²) in [5, 5.41) is 3.23. The molecule has 1 fully saturated rings. The van der Waals surface area contributed by atoms with Crippen LogP contribution in [0, 0.1) is 0 Å². The lowest BCUT2D eigenvalue weighted by molar-refractivity contribution is 0.311. The fourth-order valence-electron chi connectivity index (χ4n) is 2.96. The van der Waals surface area contributed by atoms with Crippen molar-refractivity contribution in [3.8, 4) is 0 Å². The van der Waals surface area contributed by atoms with Crippen molar-refractivity contribution in [2.24, 2.45) is 0 Å². The number of likely N-dealkylation sites (tertiary alicyclic amines) is 1. The van der Waals surface area contributed by atoms with Crippen molar-refractivity contribution in [3.05, 3.63) is 29.3 Å². The molecule has 1 unspecified atom stereocenters. The van der Waals surface area contributed by atoms with E-state index in [9.17, 15) is 8.42 Å². The molecular weight excluding hydrogens is 274 g/mol. The van der Waals surface area contributed by atoms with Gasteiger partial charge in [-0.25, -0.2) is 13.1 Å². The van der Waals surface area contributed by atoms with Crippen molar-refractivity contribution in [2.75, 3.05) is 20.1 Å². The van der Waals surface area contributed by atoms with Gasteiger partial charge in [-0.1, -0.05) is 6.07 Å². The minimum atomic E-state index is -3.40. The van der Waals surface area contributed by atoms with E-state index in [-0.39, 0.29) is 0 Å². The molecule has 1 aromatic carbocycles. The highest BCUT2D eigenvalue weighted by molar-refractivity contribution is 7.89. The standard InChI is InChI=1S/C14H21N3O2S/c1-17-6-2-3-13(17)10-16-20(18,19)14-5-4-11-8-15-9-12(11)7-14/h4-5,7,13,15-16H,2-3,6,8-10H2,1H3. The number of nitrogens with zero attached hydrogens (tertiary/aromatic N) is 1. The third kappa shape index (κ3) is 2.74. The zero-order valence-corrected chi connectivity index (χ0v) is 12.5. The fourth-order valence-corrected chi connectivity index (χ4v) is 4.09. The van der Waals surface area contributed by atoms with Gasteiger partial charge in [-0.2, -0.15) is 0 Å². The van der Waals surface area contributed by atoms with E-state index in [0.717, 1.165) is 38.0 Å². The highest BCUT2D eigenvalue weighted by Gasteiger charge is 2.24. The predicted octanol–water partition coefficient (Wildman–Crippen LogP) is 0.662. The van der Waals surface area contributed by atoms with Crippen molar-refractivity contribution in [2.45, 2.75) is 36.9 Å². The van der Waals surface area contributed by atoms with Gasteiger partial charge in [0.25, 0.3) is 0 Å². The van der Waals surface area contributed by atoms with Gasteiger partial charge < -0.3 is 10.2 Å². The van der Waals surface area contributed by atoms with Crippen LogP contribution < -0.4 is 10.0 Å². The second-order valence-corrected chi connectivity index (χ2v) is 7.43. The zero-order valence-electron chi connectivity index (χ0n) is 11.7. The van der Waals surface area contributed by atoms with Gasteiger partial charge in [0.05, 0.1) is 4.90 Å². The number of rotatable bonds is 4. The Labute approximate surface area is 120 Å². The van der Waals surface area contributed by atoms with Crippen LogP contribution in [0.3, 0.4) is 0 Å². The Morgan fingerprint density at radius 3 is 2.90 bits per heavy atom. The molecule has 2 N–H and O–H groups in total. The summed E-state index contributed by atoms with van der Waals surface area (Å²) in [6.45, 7) is 3.13. The van der Waals surface area contributed by atoms with Crippen LogP contribution in [0.15, 0.2) is 23.1 Å². The first kappa shape index (κ1) is 14.0. The number of sulfonamides is 1. The summed E-state index contributed by atoms with van der Waals surface area (Å²) in [5.41, 5.74) is 2.28. The molecule has 2 aliphatic rings. The molecule has 0 aliphatic carbocycles. The smallest absolute Gasteiger partial charge is 0.240 e. The number of hydrogen-bond donors (Lipinski definition) is 2. The number of fused-ring (bicyclic) bond motifs is 1. The van der Waals surface area contributed by atoms with Gasteiger partial charge in [0.1, 0.15) is 0 Å². The molecule has 0 amide bonds. The van der Waals surface area contributed by atoms with Crippen LogP contribution in [0.25, 0.3) is 0 Å². The third-order valence-corrected chi connectivity index (χ3v) is 5.72. The van der Waals surface area contributed by atoms with E-state index in [0.29, 0.717) is 17.5 Å². The Kier molecular flexibility index (Phi) is 3.81. The van der Waals surface area contributed by atoms with Crippen molar-refractivity contribution < 1.29 is 8.42 Å². The summed E-state index contributed by atoms with van der Waals surface area (Å²) in [6.07, 6.45) is 2.21. The highest BCUT2D eigenvalue weighted by Crippen LogP contribution is 2.20. The lowest BCUT2D eigenvalue weighted by Gasteiger charge is -2.19. The van der Waals surface area contributed by atoms with Gasteiger partial charge in [-0.3, -0.25) is 0 Å². The molecule has 2 aliphatic heterocycles. The maximum Gasteiger partial charge on any atom is 0.240 e. The molecule has 1 atom stereocenters. The molecule has 1 saturated heterocycles. The van der Waals surface area contributed by atoms with Gasteiger partial charge in [0.2, 0.25) is 10.0 Å². The Bertz CT molecular complexity index is 600. The Hall–Kier alpha value is -0.950. The molecule has 0 bridgehead atoms. The molecule has 1 aromatic rings. The van der Waals surface area contributed by atoms with Crippen LogP contribution in [-0.4, -0.2) is 39.5 Å². The first-order valence-corrected chi connectivity index (χ1v) is 8.57. The molecule has 20 heavy (non-hydrogen) atoms. The quantitative estimate of drug-likeness (QED) is 0.857. The summed E-state index contributed by atoms with van der Waals surface area (Å²) in [4.78, 5) is 2.59. The van der Waals surface area contributed by atoms with E-state index < -0.39 is 10.0 Å². The van der Waals surface area contributed by atoms with Crippen LogP contribution in [-0.2, 0) is 23.1 Å². The predicted molar refractivity (Wildman–Crippen MR) is 77.8 cm³/mol. The lowest BCUT2D eigenvalue weighted by Crippen LogP contribution is -2.38. The summed E-state index contributed by atoms with van der Waals surface area (Å²) in [6, 6.07) is 5.72. The molecule has 0 aromatic heterocycles. The molecule has 0 spiro atoms. The zero-order chi connectivity index (χ0) is 14.2. The third-order valence-electron chi connectivity index (χ3n) is 4.30. The summed E-state index contributed by atoms with van der Waals surface area (Å²) >= 11 is 0. The van der Waals surface area contributed by atoms with Crippen molar-refractivity contribution in [1.82, 2.24) is 14.9 Å². The van der Waals surface area contributed by atoms with Crippen molar-refractivity contribution >= 4 is 10.0 Å². The van der Waals surface area contributed by atoms with Crippen molar-refractivity contribution in [1.29, 1.82) is 0 Å². The van der Waals surface area contributed by atoms with Gasteiger partial charge in [0.15, 0.2) is 0 Å². The summed E-state index contributed by atoms with van der Waals surface area (Å²) in [7, 11) is -1.35. The monoisotopic (exact) mass is 295 g/mol. The Balaban J connectivity index is 1.71.